The zero-order valence-electron chi connectivity index (χ0n) is 13.2. The Morgan fingerprint density at radius 2 is 2.00 bits per heavy atom. The number of anilines is 2. The monoisotopic (exact) mass is 341 g/mol. The number of aryl methyl sites for hydroxylation is 1. The number of amides is 1. The van der Waals surface area contributed by atoms with Gasteiger partial charge in [-0.2, -0.15) is 5.26 Å². The molecule has 0 aliphatic heterocycles. The first-order valence-corrected chi connectivity index (χ1v) is 7.53. The number of benzene rings is 2. The maximum absolute atomic E-state index is 12.2. The van der Waals surface area contributed by atoms with E-state index in [0.29, 0.717) is 22.0 Å². The summed E-state index contributed by atoms with van der Waals surface area (Å²) in [4.78, 5) is 12.2. The second-order valence-corrected chi connectivity index (χ2v) is 5.61. The van der Waals surface area contributed by atoms with Gasteiger partial charge < -0.3 is 15.7 Å². The second kappa shape index (κ2) is 7.53. The summed E-state index contributed by atoms with van der Waals surface area (Å²) in [5.41, 5.74) is 2.42. The first-order valence-electron chi connectivity index (χ1n) is 7.15. The zero-order chi connectivity index (χ0) is 17.7. The van der Waals surface area contributed by atoms with E-state index in [4.69, 9.17) is 11.6 Å². The Labute approximate surface area is 145 Å². The summed E-state index contributed by atoms with van der Waals surface area (Å²) < 4.78 is 0. The van der Waals surface area contributed by atoms with Gasteiger partial charge in [0.1, 0.15) is 17.4 Å². The largest absolute Gasteiger partial charge is 0.506 e. The maximum atomic E-state index is 12.2. The Morgan fingerprint density at radius 1 is 1.25 bits per heavy atom. The van der Waals surface area contributed by atoms with E-state index in [1.54, 1.807) is 43.3 Å². The zero-order valence-corrected chi connectivity index (χ0v) is 14.0. The van der Waals surface area contributed by atoms with Gasteiger partial charge in [-0.15, -0.1) is 0 Å². The molecule has 0 saturated carbocycles. The van der Waals surface area contributed by atoms with Crippen LogP contribution >= 0.6 is 11.6 Å². The summed E-state index contributed by atoms with van der Waals surface area (Å²) in [7, 11) is 0. The first-order chi connectivity index (χ1) is 11.4. The molecule has 0 fully saturated rings. The lowest BCUT2D eigenvalue weighted by Crippen LogP contribution is -2.15. The van der Waals surface area contributed by atoms with Crippen LogP contribution in [0.15, 0.2) is 48.2 Å². The van der Waals surface area contributed by atoms with Gasteiger partial charge in [-0.25, -0.2) is 0 Å². The van der Waals surface area contributed by atoms with Crippen molar-refractivity contribution in [2.24, 2.45) is 0 Å². The van der Waals surface area contributed by atoms with E-state index < -0.39 is 5.91 Å². The summed E-state index contributed by atoms with van der Waals surface area (Å²) in [5.74, 6) is -0.531. The summed E-state index contributed by atoms with van der Waals surface area (Å²) in [6, 6.07) is 12.0. The van der Waals surface area contributed by atoms with Crippen molar-refractivity contribution >= 4 is 28.9 Å². The highest BCUT2D eigenvalue weighted by Gasteiger charge is 2.12. The van der Waals surface area contributed by atoms with Crippen molar-refractivity contribution in [2.75, 3.05) is 10.6 Å². The SMILES string of the molecule is Cc1ccc(N/C=C(/C#N)C(=O)Nc2cccc(Cl)c2C)c(O)c1. The summed E-state index contributed by atoms with van der Waals surface area (Å²) >= 11 is 6.01. The minimum atomic E-state index is -0.568. The minimum absolute atomic E-state index is 0.0367. The number of rotatable bonds is 4. The van der Waals surface area contributed by atoms with Gasteiger partial charge in [-0.1, -0.05) is 23.7 Å². The molecule has 0 bridgehead atoms. The summed E-state index contributed by atoms with van der Waals surface area (Å²) in [6.07, 6.45) is 1.25. The highest BCUT2D eigenvalue weighted by Crippen LogP contribution is 2.25. The number of phenols is 1. The Balaban J connectivity index is 2.17. The van der Waals surface area contributed by atoms with Gasteiger partial charge in [-0.3, -0.25) is 4.79 Å². The van der Waals surface area contributed by atoms with E-state index in [-0.39, 0.29) is 11.3 Å². The van der Waals surface area contributed by atoms with Crippen LogP contribution in [0.3, 0.4) is 0 Å². The molecule has 6 heteroatoms. The number of hydrogen-bond acceptors (Lipinski definition) is 4. The third kappa shape index (κ3) is 4.06. The van der Waals surface area contributed by atoms with Crippen LogP contribution in [0, 0.1) is 25.2 Å². The fourth-order valence-electron chi connectivity index (χ4n) is 1.99. The molecule has 5 nitrogen and oxygen atoms in total. The Bertz CT molecular complexity index is 854. The first kappa shape index (κ1) is 17.4. The second-order valence-electron chi connectivity index (χ2n) is 5.20. The number of hydrogen-bond donors (Lipinski definition) is 3. The maximum Gasteiger partial charge on any atom is 0.267 e. The number of nitriles is 1. The van der Waals surface area contributed by atoms with Crippen LogP contribution in [-0.2, 0) is 4.79 Å². The van der Waals surface area contributed by atoms with Crippen molar-refractivity contribution in [3.8, 4) is 11.8 Å². The molecule has 3 N–H and O–H groups in total. The lowest BCUT2D eigenvalue weighted by atomic mass is 10.2. The molecule has 0 atom stereocenters. The average molecular weight is 342 g/mol. The molecule has 0 aliphatic carbocycles. The molecule has 0 aliphatic rings. The molecule has 0 radical (unpaired) electrons. The Hall–Kier alpha value is -2.97. The van der Waals surface area contributed by atoms with Crippen LogP contribution < -0.4 is 10.6 Å². The van der Waals surface area contributed by atoms with Gasteiger partial charge in [0.05, 0.1) is 5.69 Å². The summed E-state index contributed by atoms with van der Waals surface area (Å²) in [5, 5.41) is 24.9. The standard InChI is InChI=1S/C18H16ClN3O2/c1-11-6-7-16(17(23)8-11)21-10-13(9-20)18(24)22-15-5-3-4-14(19)12(15)2/h3-8,10,21,23H,1-2H3,(H,22,24)/b13-10-. The van der Waals surface area contributed by atoms with Gasteiger partial charge in [-0.05, 0) is 49.2 Å². The van der Waals surface area contributed by atoms with Gasteiger partial charge >= 0.3 is 0 Å². The number of phenolic OH excluding ortho intramolecular Hbond substituents is 1. The molecular weight excluding hydrogens is 326 g/mol. The fraction of sp³-hybridized carbons (Fsp3) is 0.111. The van der Waals surface area contributed by atoms with Gasteiger partial charge in [0.25, 0.3) is 5.91 Å². The number of nitrogens with one attached hydrogen (secondary N) is 2. The Kier molecular flexibility index (Phi) is 5.46. The van der Waals surface area contributed by atoms with Crippen LogP contribution in [0.4, 0.5) is 11.4 Å². The minimum Gasteiger partial charge on any atom is -0.506 e. The van der Waals surface area contributed by atoms with Crippen LogP contribution in [-0.4, -0.2) is 11.0 Å². The van der Waals surface area contributed by atoms with E-state index in [2.05, 4.69) is 10.6 Å². The number of aromatic hydroxyl groups is 1. The predicted octanol–water partition coefficient (Wildman–Crippen LogP) is 4.12. The molecule has 2 aromatic rings. The van der Waals surface area contributed by atoms with E-state index in [1.165, 1.54) is 6.20 Å². The lowest BCUT2D eigenvalue weighted by Gasteiger charge is -2.09. The molecule has 0 spiro atoms. The van der Waals surface area contributed by atoms with Crippen LogP contribution in [0.5, 0.6) is 5.75 Å². The van der Waals surface area contributed by atoms with Crippen molar-refractivity contribution in [1.82, 2.24) is 0 Å². The molecule has 0 heterocycles. The van der Waals surface area contributed by atoms with Crippen LogP contribution in [0.2, 0.25) is 5.02 Å². The number of carbonyl (C=O) groups excluding carboxylic acids is 1. The van der Waals surface area contributed by atoms with Crippen LogP contribution in [0.1, 0.15) is 11.1 Å². The van der Waals surface area contributed by atoms with Crippen molar-refractivity contribution in [3.05, 3.63) is 64.3 Å². The highest BCUT2D eigenvalue weighted by molar-refractivity contribution is 6.31. The molecule has 2 rings (SSSR count). The lowest BCUT2D eigenvalue weighted by molar-refractivity contribution is -0.112. The third-order valence-electron chi connectivity index (χ3n) is 3.41. The van der Waals surface area contributed by atoms with Crippen molar-refractivity contribution in [3.63, 3.8) is 0 Å². The number of halogens is 1. The van der Waals surface area contributed by atoms with E-state index >= 15 is 0 Å². The molecule has 1 amide bonds. The van der Waals surface area contributed by atoms with E-state index in [1.807, 2.05) is 13.0 Å². The van der Waals surface area contributed by atoms with Crippen molar-refractivity contribution in [1.29, 1.82) is 5.26 Å². The molecule has 122 valence electrons. The quantitative estimate of drug-likeness (QED) is 0.443. The number of carbonyl (C=O) groups is 1. The van der Waals surface area contributed by atoms with Crippen molar-refractivity contribution < 1.29 is 9.90 Å². The molecule has 0 unspecified atom stereocenters. The fourth-order valence-corrected chi connectivity index (χ4v) is 2.17. The van der Waals surface area contributed by atoms with E-state index in [0.717, 1.165) is 5.56 Å². The average Bonchev–Trinajstić information content (AvgIpc) is 2.54. The number of nitrogens with zero attached hydrogens (tertiary/aromatic N) is 1. The Morgan fingerprint density at radius 3 is 2.67 bits per heavy atom. The molecule has 0 saturated heterocycles. The normalized spacial score (nSPS) is 10.8. The smallest absolute Gasteiger partial charge is 0.267 e. The van der Waals surface area contributed by atoms with Gasteiger partial charge in [0, 0.05) is 16.9 Å². The molecular formula is C18H16ClN3O2. The van der Waals surface area contributed by atoms with Crippen LogP contribution in [0.25, 0.3) is 0 Å². The van der Waals surface area contributed by atoms with Gasteiger partial charge in [0.2, 0.25) is 0 Å². The van der Waals surface area contributed by atoms with Crippen molar-refractivity contribution in [2.45, 2.75) is 13.8 Å². The van der Waals surface area contributed by atoms with E-state index in [9.17, 15) is 15.2 Å². The topological polar surface area (TPSA) is 85.2 Å². The molecule has 0 aromatic heterocycles. The third-order valence-corrected chi connectivity index (χ3v) is 3.82. The molecule has 2 aromatic carbocycles. The molecule has 24 heavy (non-hydrogen) atoms. The van der Waals surface area contributed by atoms with Gasteiger partial charge in [0.15, 0.2) is 0 Å². The predicted molar refractivity (Wildman–Crippen MR) is 95.0 cm³/mol. The highest BCUT2D eigenvalue weighted by atomic mass is 35.5. The summed E-state index contributed by atoms with van der Waals surface area (Å²) in [6.45, 7) is 3.62.